The van der Waals surface area contributed by atoms with Gasteiger partial charge in [-0.25, -0.2) is 0 Å². The summed E-state index contributed by atoms with van der Waals surface area (Å²) in [5, 5.41) is 5.47. The van der Waals surface area contributed by atoms with E-state index in [1.807, 2.05) is 6.92 Å². The van der Waals surface area contributed by atoms with Crippen LogP contribution < -0.4 is 5.32 Å². The summed E-state index contributed by atoms with van der Waals surface area (Å²) < 4.78 is 11.5. The van der Waals surface area contributed by atoms with Crippen molar-refractivity contribution in [3.05, 3.63) is 20.8 Å². The molecule has 1 N–H and O–H groups in total. The van der Waals surface area contributed by atoms with Crippen molar-refractivity contribution in [1.29, 1.82) is 0 Å². The van der Waals surface area contributed by atoms with Gasteiger partial charge < -0.3 is 14.8 Å². The first-order valence-corrected chi connectivity index (χ1v) is 6.36. The molecule has 0 amide bonds. The van der Waals surface area contributed by atoms with Gasteiger partial charge in [-0.3, -0.25) is 0 Å². The van der Waals surface area contributed by atoms with Crippen LogP contribution in [0.2, 0.25) is 0 Å². The summed E-state index contributed by atoms with van der Waals surface area (Å²) in [6.07, 6.45) is -0.202. The molecule has 1 rings (SSSR count). The molecule has 0 radical (unpaired) electrons. The third kappa shape index (κ3) is 4.20. The second-order valence-corrected chi connectivity index (χ2v) is 5.56. The molecule has 0 fully saturated rings. The number of rotatable bonds is 6. The van der Waals surface area contributed by atoms with E-state index in [4.69, 9.17) is 9.47 Å². The Morgan fingerprint density at radius 2 is 2.13 bits per heavy atom. The van der Waals surface area contributed by atoms with E-state index < -0.39 is 0 Å². The SMILES string of the molecule is COC(OC)C(C)NCc1csc(Br)c1. The summed E-state index contributed by atoms with van der Waals surface area (Å²) in [7, 11) is 3.29. The normalized spacial score (nSPS) is 13.4. The van der Waals surface area contributed by atoms with E-state index in [0.29, 0.717) is 0 Å². The molecule has 3 nitrogen and oxygen atoms in total. The standard InChI is InChI=1S/C10H16BrNO2S/c1-7(10(13-2)14-3)12-5-8-4-9(11)15-6-8/h4,6-7,10,12H,5H2,1-3H3. The molecule has 1 aromatic heterocycles. The summed E-state index contributed by atoms with van der Waals surface area (Å²) in [5.41, 5.74) is 1.27. The number of hydrogen-bond acceptors (Lipinski definition) is 4. The van der Waals surface area contributed by atoms with E-state index in [9.17, 15) is 0 Å². The van der Waals surface area contributed by atoms with Gasteiger partial charge in [0.15, 0.2) is 6.29 Å². The number of nitrogens with one attached hydrogen (secondary N) is 1. The third-order valence-corrected chi connectivity index (χ3v) is 3.68. The van der Waals surface area contributed by atoms with Gasteiger partial charge in [-0.1, -0.05) is 0 Å². The van der Waals surface area contributed by atoms with Crippen molar-refractivity contribution in [2.45, 2.75) is 25.8 Å². The Morgan fingerprint density at radius 3 is 2.60 bits per heavy atom. The molecule has 0 aliphatic rings. The van der Waals surface area contributed by atoms with Crippen LogP contribution in [-0.4, -0.2) is 26.6 Å². The molecule has 0 bridgehead atoms. The predicted octanol–water partition coefficient (Wildman–Crippen LogP) is 2.61. The van der Waals surface area contributed by atoms with Gasteiger partial charge in [0.05, 0.1) is 9.83 Å². The number of thiophene rings is 1. The van der Waals surface area contributed by atoms with Crippen molar-refractivity contribution >= 4 is 27.3 Å². The van der Waals surface area contributed by atoms with Crippen molar-refractivity contribution in [3.63, 3.8) is 0 Å². The highest BCUT2D eigenvalue weighted by Crippen LogP contribution is 2.20. The maximum atomic E-state index is 5.16. The van der Waals surface area contributed by atoms with Crippen LogP contribution in [0.3, 0.4) is 0 Å². The van der Waals surface area contributed by atoms with Crippen LogP contribution >= 0.6 is 27.3 Å². The largest absolute Gasteiger partial charge is 0.354 e. The van der Waals surface area contributed by atoms with Crippen molar-refractivity contribution in [1.82, 2.24) is 5.32 Å². The Labute approximate surface area is 103 Å². The van der Waals surface area contributed by atoms with E-state index >= 15 is 0 Å². The Hall–Kier alpha value is 0.0600. The molecule has 0 saturated heterocycles. The van der Waals surface area contributed by atoms with Gasteiger partial charge in [-0.2, -0.15) is 0 Å². The van der Waals surface area contributed by atoms with Crippen molar-refractivity contribution in [2.24, 2.45) is 0 Å². The summed E-state index contributed by atoms with van der Waals surface area (Å²) in [6, 6.07) is 2.28. The first kappa shape index (κ1) is 13.1. The molecule has 0 aliphatic carbocycles. The van der Waals surface area contributed by atoms with E-state index in [1.54, 1.807) is 25.6 Å². The molecule has 1 atom stereocenters. The Morgan fingerprint density at radius 1 is 1.47 bits per heavy atom. The van der Waals surface area contributed by atoms with Crippen molar-refractivity contribution in [3.8, 4) is 0 Å². The molecule has 86 valence electrons. The molecular weight excluding hydrogens is 278 g/mol. The van der Waals surface area contributed by atoms with Gasteiger partial charge in [0.1, 0.15) is 0 Å². The van der Waals surface area contributed by atoms with Crippen molar-refractivity contribution < 1.29 is 9.47 Å². The molecule has 5 heteroatoms. The number of ether oxygens (including phenoxy) is 2. The molecular formula is C10H16BrNO2S. The van der Waals surface area contributed by atoms with E-state index in [-0.39, 0.29) is 12.3 Å². The number of hydrogen-bond donors (Lipinski definition) is 1. The second-order valence-electron chi connectivity index (χ2n) is 3.27. The molecule has 0 spiro atoms. The zero-order chi connectivity index (χ0) is 11.3. The highest BCUT2D eigenvalue weighted by molar-refractivity contribution is 9.11. The molecule has 1 unspecified atom stereocenters. The highest BCUT2D eigenvalue weighted by Gasteiger charge is 2.14. The van der Waals surface area contributed by atoms with E-state index in [0.717, 1.165) is 10.3 Å². The number of methoxy groups -OCH3 is 2. The predicted molar refractivity (Wildman–Crippen MR) is 66.1 cm³/mol. The van der Waals surface area contributed by atoms with Gasteiger partial charge >= 0.3 is 0 Å². The highest BCUT2D eigenvalue weighted by atomic mass is 79.9. The molecule has 0 saturated carbocycles. The average molecular weight is 294 g/mol. The first-order chi connectivity index (χ1) is 7.17. The fourth-order valence-corrected chi connectivity index (χ4v) is 2.53. The van der Waals surface area contributed by atoms with Crippen LogP contribution in [0.15, 0.2) is 15.2 Å². The minimum Gasteiger partial charge on any atom is -0.354 e. The molecule has 15 heavy (non-hydrogen) atoms. The van der Waals surface area contributed by atoms with Gasteiger partial charge in [0.25, 0.3) is 0 Å². The van der Waals surface area contributed by atoms with Gasteiger partial charge in [0.2, 0.25) is 0 Å². The van der Waals surface area contributed by atoms with Crippen LogP contribution in [-0.2, 0) is 16.0 Å². The quantitative estimate of drug-likeness (QED) is 0.818. The average Bonchev–Trinajstić information content (AvgIpc) is 2.63. The maximum Gasteiger partial charge on any atom is 0.171 e. The second kappa shape index (κ2) is 6.60. The zero-order valence-corrected chi connectivity index (χ0v) is 11.5. The maximum absolute atomic E-state index is 5.16. The molecule has 0 aliphatic heterocycles. The fourth-order valence-electron chi connectivity index (χ4n) is 1.32. The number of halogens is 1. The van der Waals surface area contributed by atoms with Gasteiger partial charge in [-0.05, 0) is 39.9 Å². The smallest absolute Gasteiger partial charge is 0.171 e. The summed E-state index contributed by atoms with van der Waals surface area (Å²) >= 11 is 5.13. The van der Waals surface area contributed by atoms with Crippen LogP contribution in [0.5, 0.6) is 0 Å². The van der Waals surface area contributed by atoms with Crippen molar-refractivity contribution in [2.75, 3.05) is 14.2 Å². The topological polar surface area (TPSA) is 30.5 Å². The minimum absolute atomic E-state index is 0.165. The van der Waals surface area contributed by atoms with E-state index in [2.05, 4.69) is 32.7 Å². The van der Waals surface area contributed by atoms with Crippen LogP contribution in [0.25, 0.3) is 0 Å². The monoisotopic (exact) mass is 293 g/mol. The Balaban J connectivity index is 2.36. The van der Waals surface area contributed by atoms with E-state index in [1.165, 1.54) is 5.56 Å². The molecule has 1 aromatic rings. The van der Waals surface area contributed by atoms with Crippen LogP contribution in [0.1, 0.15) is 12.5 Å². The minimum atomic E-state index is -0.202. The Kier molecular flexibility index (Phi) is 5.78. The lowest BCUT2D eigenvalue weighted by molar-refractivity contribution is -0.119. The van der Waals surface area contributed by atoms with Gasteiger partial charge in [-0.15, -0.1) is 11.3 Å². The Bertz CT molecular complexity index is 289. The lowest BCUT2D eigenvalue weighted by atomic mass is 10.3. The third-order valence-electron chi connectivity index (χ3n) is 2.12. The summed E-state index contributed by atoms with van der Waals surface area (Å²) in [6.45, 7) is 2.87. The zero-order valence-electron chi connectivity index (χ0n) is 9.12. The lowest BCUT2D eigenvalue weighted by Gasteiger charge is -2.21. The molecule has 1 heterocycles. The lowest BCUT2D eigenvalue weighted by Crippen LogP contribution is -2.39. The van der Waals surface area contributed by atoms with Gasteiger partial charge in [0, 0.05) is 20.8 Å². The molecule has 0 aromatic carbocycles. The van der Waals surface area contributed by atoms with Crippen LogP contribution in [0.4, 0.5) is 0 Å². The first-order valence-electron chi connectivity index (χ1n) is 4.69. The summed E-state index contributed by atoms with van der Waals surface area (Å²) in [5.74, 6) is 0. The summed E-state index contributed by atoms with van der Waals surface area (Å²) in [4.78, 5) is 0. The fraction of sp³-hybridized carbons (Fsp3) is 0.600. The van der Waals surface area contributed by atoms with Crippen LogP contribution in [0, 0.1) is 0 Å².